The van der Waals surface area contributed by atoms with E-state index in [0.717, 1.165) is 0 Å². The Hall–Kier alpha value is -3.79. The van der Waals surface area contributed by atoms with Gasteiger partial charge in [-0.15, -0.1) is 0 Å². The molecule has 7 nitrogen and oxygen atoms in total. The Kier molecular flexibility index (Phi) is 6.55. The second-order valence-electron chi connectivity index (χ2n) is 5.31. The van der Waals surface area contributed by atoms with Crippen molar-refractivity contribution in [2.24, 2.45) is 0 Å². The van der Waals surface area contributed by atoms with Crippen LogP contribution in [-0.4, -0.2) is 30.7 Å². The summed E-state index contributed by atoms with van der Waals surface area (Å²) in [6, 6.07) is 12.5. The zero-order chi connectivity index (χ0) is 19.8. The van der Waals surface area contributed by atoms with E-state index in [9.17, 15) is 20.0 Å². The molecule has 0 atom stereocenters. The summed E-state index contributed by atoms with van der Waals surface area (Å²) in [4.78, 5) is 24.5. The average molecular weight is 366 g/mol. The van der Waals surface area contributed by atoms with Crippen LogP contribution in [0.1, 0.15) is 22.8 Å². The highest BCUT2D eigenvalue weighted by atomic mass is 16.5. The van der Waals surface area contributed by atoms with E-state index in [-0.39, 0.29) is 34.7 Å². The van der Waals surface area contributed by atoms with Gasteiger partial charge in [0.1, 0.15) is 23.1 Å². The van der Waals surface area contributed by atoms with Crippen LogP contribution in [0.25, 0.3) is 6.08 Å². The van der Waals surface area contributed by atoms with Crippen LogP contribution < -0.4 is 10.1 Å². The van der Waals surface area contributed by atoms with Crippen molar-refractivity contribution in [3.63, 3.8) is 0 Å². The molecule has 0 spiro atoms. The van der Waals surface area contributed by atoms with E-state index in [1.54, 1.807) is 31.2 Å². The van der Waals surface area contributed by atoms with Gasteiger partial charge in [-0.25, -0.2) is 4.79 Å². The lowest BCUT2D eigenvalue weighted by Crippen LogP contribution is -2.17. The van der Waals surface area contributed by atoms with Crippen molar-refractivity contribution < 1.29 is 24.2 Å². The molecule has 0 fully saturated rings. The van der Waals surface area contributed by atoms with Crippen LogP contribution in [0.4, 0.5) is 5.69 Å². The number of ether oxygens (including phenoxy) is 2. The monoisotopic (exact) mass is 366 g/mol. The number of rotatable bonds is 6. The van der Waals surface area contributed by atoms with Gasteiger partial charge in [-0.05, 0) is 43.3 Å². The lowest BCUT2D eigenvalue weighted by molar-refractivity contribution is -0.112. The highest BCUT2D eigenvalue weighted by Crippen LogP contribution is 2.25. The summed E-state index contributed by atoms with van der Waals surface area (Å²) < 4.78 is 10.0. The van der Waals surface area contributed by atoms with Crippen molar-refractivity contribution >= 4 is 23.6 Å². The van der Waals surface area contributed by atoms with Gasteiger partial charge in [-0.3, -0.25) is 4.79 Å². The molecule has 7 heteroatoms. The molecule has 2 rings (SSSR count). The van der Waals surface area contributed by atoms with Crippen molar-refractivity contribution in [1.82, 2.24) is 0 Å². The molecule has 2 aromatic rings. The second kappa shape index (κ2) is 9.06. The number of anilines is 1. The minimum absolute atomic E-state index is 0.108. The number of hydrogen-bond acceptors (Lipinski definition) is 6. The average Bonchev–Trinajstić information content (AvgIpc) is 2.67. The highest BCUT2D eigenvalue weighted by Gasteiger charge is 2.16. The molecule has 0 saturated carbocycles. The van der Waals surface area contributed by atoms with E-state index in [4.69, 9.17) is 9.47 Å². The maximum absolute atomic E-state index is 12.5. The fourth-order valence-corrected chi connectivity index (χ4v) is 2.25. The normalized spacial score (nSPS) is 10.6. The van der Waals surface area contributed by atoms with E-state index in [0.29, 0.717) is 5.75 Å². The molecule has 0 unspecified atom stereocenters. The summed E-state index contributed by atoms with van der Waals surface area (Å²) >= 11 is 0. The molecular weight excluding hydrogens is 348 g/mol. The number of nitriles is 1. The first-order valence-electron chi connectivity index (χ1n) is 8.06. The second-order valence-corrected chi connectivity index (χ2v) is 5.31. The molecule has 0 bridgehead atoms. The Labute approximate surface area is 156 Å². The van der Waals surface area contributed by atoms with Gasteiger partial charge in [0, 0.05) is 5.56 Å². The minimum Gasteiger partial charge on any atom is -0.507 e. The number of para-hydroxylation sites is 1. The van der Waals surface area contributed by atoms with Crippen molar-refractivity contribution in [1.29, 1.82) is 5.26 Å². The van der Waals surface area contributed by atoms with Gasteiger partial charge in [0.05, 0.1) is 25.0 Å². The lowest BCUT2D eigenvalue weighted by Gasteiger charge is -2.10. The predicted octanol–water partition coefficient (Wildman–Crippen LogP) is 3.12. The number of amides is 1. The Morgan fingerprint density at radius 1 is 1.26 bits per heavy atom. The number of nitrogens with zero attached hydrogens (tertiary/aromatic N) is 1. The first-order chi connectivity index (χ1) is 13.0. The third kappa shape index (κ3) is 4.86. The van der Waals surface area contributed by atoms with E-state index < -0.39 is 11.9 Å². The van der Waals surface area contributed by atoms with Crippen LogP contribution in [0, 0.1) is 11.3 Å². The molecule has 138 valence electrons. The van der Waals surface area contributed by atoms with Gasteiger partial charge in [0.2, 0.25) is 0 Å². The molecule has 0 heterocycles. The molecular formula is C20H18N2O5. The molecule has 1 amide bonds. The molecule has 0 aliphatic carbocycles. The number of nitrogens with one attached hydrogen (secondary N) is 1. The summed E-state index contributed by atoms with van der Waals surface area (Å²) in [6.07, 6.45) is 1.24. The third-order valence-corrected chi connectivity index (χ3v) is 3.57. The van der Waals surface area contributed by atoms with Gasteiger partial charge in [0.15, 0.2) is 0 Å². The number of carbonyl (C=O) groups excluding carboxylic acids is 2. The Morgan fingerprint density at radius 3 is 2.67 bits per heavy atom. The number of carbonyl (C=O) groups is 2. The zero-order valence-electron chi connectivity index (χ0n) is 14.9. The van der Waals surface area contributed by atoms with Crippen LogP contribution in [0.2, 0.25) is 0 Å². The molecule has 2 N–H and O–H groups in total. The first-order valence-corrected chi connectivity index (χ1v) is 8.06. The summed E-state index contributed by atoms with van der Waals surface area (Å²) in [5.41, 5.74) is 0.392. The minimum atomic E-state index is -0.725. The summed E-state index contributed by atoms with van der Waals surface area (Å²) in [5, 5.41) is 21.8. The Bertz CT molecular complexity index is 928. The van der Waals surface area contributed by atoms with E-state index in [1.165, 1.54) is 37.5 Å². The number of benzene rings is 2. The maximum Gasteiger partial charge on any atom is 0.340 e. The number of hydrogen-bond donors (Lipinski definition) is 2. The molecule has 0 radical (unpaired) electrons. The molecule has 0 aromatic heterocycles. The van der Waals surface area contributed by atoms with Gasteiger partial charge in [-0.2, -0.15) is 5.26 Å². The Balaban J connectivity index is 2.32. The Morgan fingerprint density at radius 2 is 2.00 bits per heavy atom. The fourth-order valence-electron chi connectivity index (χ4n) is 2.25. The maximum atomic E-state index is 12.5. The number of methoxy groups -OCH3 is 1. The van der Waals surface area contributed by atoms with Gasteiger partial charge in [0.25, 0.3) is 5.91 Å². The topological polar surface area (TPSA) is 109 Å². The quantitative estimate of drug-likeness (QED) is 0.462. The predicted molar refractivity (Wildman–Crippen MR) is 99.3 cm³/mol. The van der Waals surface area contributed by atoms with Gasteiger partial charge >= 0.3 is 5.97 Å². The van der Waals surface area contributed by atoms with Crippen molar-refractivity contribution in [3.05, 3.63) is 59.2 Å². The largest absolute Gasteiger partial charge is 0.507 e. The molecule has 0 aliphatic heterocycles. The van der Waals surface area contributed by atoms with Gasteiger partial charge in [-0.1, -0.05) is 12.1 Å². The number of aromatic hydroxyl groups is 1. The first kappa shape index (κ1) is 19.5. The SMILES string of the molecule is CCOC(=O)c1ccccc1NC(=O)/C(C#N)=C/c1cc(OC)ccc1O. The molecule has 2 aromatic carbocycles. The standard InChI is InChI=1S/C20H18N2O5/c1-3-27-20(25)16-6-4-5-7-17(16)22-19(24)14(12-21)10-13-11-15(26-2)8-9-18(13)23/h4-11,23H,3H2,1-2H3,(H,22,24)/b14-10+. The van der Waals surface area contributed by atoms with Crippen molar-refractivity contribution in [3.8, 4) is 17.6 Å². The smallest absolute Gasteiger partial charge is 0.340 e. The van der Waals surface area contributed by atoms with E-state index >= 15 is 0 Å². The van der Waals surface area contributed by atoms with Crippen LogP contribution in [0.15, 0.2) is 48.0 Å². The highest BCUT2D eigenvalue weighted by molar-refractivity contribution is 6.12. The van der Waals surface area contributed by atoms with Gasteiger partial charge < -0.3 is 19.9 Å². The van der Waals surface area contributed by atoms with E-state index in [1.807, 2.05) is 0 Å². The van der Waals surface area contributed by atoms with Crippen molar-refractivity contribution in [2.45, 2.75) is 6.92 Å². The van der Waals surface area contributed by atoms with Crippen LogP contribution in [0.5, 0.6) is 11.5 Å². The van der Waals surface area contributed by atoms with E-state index in [2.05, 4.69) is 5.32 Å². The lowest BCUT2D eigenvalue weighted by atomic mass is 10.1. The summed E-state index contributed by atoms with van der Waals surface area (Å²) in [5.74, 6) is -0.953. The van der Waals surface area contributed by atoms with Crippen molar-refractivity contribution in [2.75, 3.05) is 19.0 Å². The molecule has 0 saturated heterocycles. The summed E-state index contributed by atoms with van der Waals surface area (Å²) in [7, 11) is 1.46. The molecule has 27 heavy (non-hydrogen) atoms. The zero-order valence-corrected chi connectivity index (χ0v) is 14.9. The van der Waals surface area contributed by atoms with Crippen LogP contribution in [-0.2, 0) is 9.53 Å². The number of phenolic OH excluding ortho intramolecular Hbond substituents is 1. The van der Waals surface area contributed by atoms with Crippen LogP contribution >= 0.6 is 0 Å². The fraction of sp³-hybridized carbons (Fsp3) is 0.150. The third-order valence-electron chi connectivity index (χ3n) is 3.57. The number of esters is 1. The summed E-state index contributed by atoms with van der Waals surface area (Å²) in [6.45, 7) is 1.87. The molecule has 0 aliphatic rings. The number of phenols is 1. The van der Waals surface area contributed by atoms with Crippen LogP contribution in [0.3, 0.4) is 0 Å².